The lowest BCUT2D eigenvalue weighted by Gasteiger charge is -2.25. The molecule has 4 rings (SSSR count). The van der Waals surface area contributed by atoms with E-state index in [0.29, 0.717) is 17.9 Å². The van der Waals surface area contributed by atoms with Crippen LogP contribution < -0.4 is 10.1 Å². The van der Waals surface area contributed by atoms with E-state index in [-0.39, 0.29) is 24.3 Å². The summed E-state index contributed by atoms with van der Waals surface area (Å²) in [4.78, 5) is 26.6. The van der Waals surface area contributed by atoms with Crippen LogP contribution in [0.2, 0.25) is 0 Å². The van der Waals surface area contributed by atoms with Crippen LogP contribution in [0.1, 0.15) is 49.1 Å². The van der Waals surface area contributed by atoms with Gasteiger partial charge < -0.3 is 15.0 Å². The van der Waals surface area contributed by atoms with Crippen LogP contribution in [-0.2, 0) is 16.0 Å². The van der Waals surface area contributed by atoms with E-state index < -0.39 is 0 Å². The number of hydrogen-bond acceptors (Lipinski definition) is 3. The van der Waals surface area contributed by atoms with Gasteiger partial charge in [0.05, 0.1) is 0 Å². The van der Waals surface area contributed by atoms with Crippen LogP contribution in [-0.4, -0.2) is 36.4 Å². The molecule has 1 N–H and O–H groups in total. The van der Waals surface area contributed by atoms with Gasteiger partial charge in [0.25, 0.3) is 5.91 Å². The molecule has 2 amide bonds. The Kier molecular flexibility index (Phi) is 6.13. The second-order valence-electron chi connectivity index (χ2n) is 7.94. The summed E-state index contributed by atoms with van der Waals surface area (Å²) in [6.45, 7) is 1.68. The molecule has 1 heterocycles. The number of anilines is 1. The van der Waals surface area contributed by atoms with Crippen molar-refractivity contribution in [2.24, 2.45) is 0 Å². The lowest BCUT2D eigenvalue weighted by molar-refractivity contribution is -0.132. The average molecular weight is 392 g/mol. The first-order valence-electron chi connectivity index (χ1n) is 10.6. The van der Waals surface area contributed by atoms with E-state index >= 15 is 0 Å². The van der Waals surface area contributed by atoms with E-state index in [1.165, 1.54) is 11.1 Å². The highest BCUT2D eigenvalue weighted by Gasteiger charge is 2.22. The van der Waals surface area contributed by atoms with Crippen LogP contribution in [0.5, 0.6) is 5.75 Å². The van der Waals surface area contributed by atoms with E-state index in [4.69, 9.17) is 4.74 Å². The summed E-state index contributed by atoms with van der Waals surface area (Å²) < 4.78 is 5.66. The molecule has 0 saturated carbocycles. The standard InChI is InChI=1S/C24H28N2O3/c27-23(15-19-9-5-8-18-7-1-2-12-22(18)19)25-20-10-6-11-21(16-20)29-17-24(28)26-13-3-4-14-26/h1-2,6-7,10-12,16,19H,3-5,8-9,13-15,17H2,(H,25,27). The minimum atomic E-state index is 0.0111. The van der Waals surface area contributed by atoms with Crippen molar-refractivity contribution in [3.8, 4) is 5.75 Å². The van der Waals surface area contributed by atoms with Gasteiger partial charge in [-0.05, 0) is 61.3 Å². The van der Waals surface area contributed by atoms with Crippen molar-refractivity contribution in [2.45, 2.75) is 44.4 Å². The van der Waals surface area contributed by atoms with Crippen LogP contribution in [0, 0.1) is 0 Å². The number of nitrogens with one attached hydrogen (secondary N) is 1. The maximum Gasteiger partial charge on any atom is 0.260 e. The second-order valence-corrected chi connectivity index (χ2v) is 7.94. The molecule has 2 aromatic rings. The van der Waals surface area contributed by atoms with E-state index in [9.17, 15) is 9.59 Å². The van der Waals surface area contributed by atoms with E-state index in [2.05, 4.69) is 29.6 Å². The number of benzene rings is 2. The lowest BCUT2D eigenvalue weighted by atomic mass is 9.81. The van der Waals surface area contributed by atoms with Crippen molar-refractivity contribution in [3.63, 3.8) is 0 Å². The Labute approximate surface area is 172 Å². The van der Waals surface area contributed by atoms with Crippen molar-refractivity contribution in [2.75, 3.05) is 25.0 Å². The highest BCUT2D eigenvalue weighted by Crippen LogP contribution is 2.34. The minimum Gasteiger partial charge on any atom is -0.484 e. The summed E-state index contributed by atoms with van der Waals surface area (Å²) in [5, 5.41) is 2.99. The van der Waals surface area contributed by atoms with Crippen molar-refractivity contribution in [3.05, 3.63) is 59.7 Å². The first-order valence-corrected chi connectivity index (χ1v) is 10.6. The predicted octanol–water partition coefficient (Wildman–Crippen LogP) is 4.14. The van der Waals surface area contributed by atoms with Crippen molar-refractivity contribution in [1.82, 2.24) is 4.90 Å². The number of amides is 2. The largest absolute Gasteiger partial charge is 0.484 e. The third-order valence-electron chi connectivity index (χ3n) is 5.86. The third kappa shape index (κ3) is 4.97. The highest BCUT2D eigenvalue weighted by atomic mass is 16.5. The van der Waals surface area contributed by atoms with Gasteiger partial charge in [0.1, 0.15) is 5.75 Å². The third-order valence-corrected chi connectivity index (χ3v) is 5.86. The van der Waals surface area contributed by atoms with Gasteiger partial charge in [-0.15, -0.1) is 0 Å². The number of carbonyl (C=O) groups excluding carboxylic acids is 2. The molecular weight excluding hydrogens is 364 g/mol. The molecule has 1 unspecified atom stereocenters. The van der Waals surface area contributed by atoms with Gasteiger partial charge in [-0.3, -0.25) is 9.59 Å². The second kappa shape index (κ2) is 9.12. The number of nitrogens with zero attached hydrogens (tertiary/aromatic N) is 1. The topological polar surface area (TPSA) is 58.6 Å². The van der Waals surface area contributed by atoms with Crippen LogP contribution in [0.15, 0.2) is 48.5 Å². The lowest BCUT2D eigenvalue weighted by Crippen LogP contribution is -2.32. The van der Waals surface area contributed by atoms with E-state index in [0.717, 1.165) is 45.2 Å². The normalized spacial score (nSPS) is 18.2. The van der Waals surface area contributed by atoms with Gasteiger partial charge in [-0.2, -0.15) is 0 Å². The average Bonchev–Trinajstić information content (AvgIpc) is 3.28. The fourth-order valence-corrected chi connectivity index (χ4v) is 4.37. The Morgan fingerprint density at radius 1 is 1.03 bits per heavy atom. The Bertz CT molecular complexity index is 874. The molecule has 0 radical (unpaired) electrons. The minimum absolute atomic E-state index is 0.0111. The monoisotopic (exact) mass is 392 g/mol. The zero-order chi connectivity index (χ0) is 20.1. The molecule has 1 aliphatic heterocycles. The Morgan fingerprint density at radius 3 is 2.72 bits per heavy atom. The summed E-state index contributed by atoms with van der Waals surface area (Å²) >= 11 is 0. The van der Waals surface area contributed by atoms with Crippen molar-refractivity contribution in [1.29, 1.82) is 0 Å². The summed E-state index contributed by atoms with van der Waals surface area (Å²) in [5.41, 5.74) is 3.38. The number of aryl methyl sites for hydroxylation is 1. The first-order chi connectivity index (χ1) is 14.2. The molecule has 0 aromatic heterocycles. The molecule has 1 saturated heterocycles. The van der Waals surface area contributed by atoms with Gasteiger partial charge in [-0.1, -0.05) is 30.3 Å². The van der Waals surface area contributed by atoms with Crippen LogP contribution in [0.25, 0.3) is 0 Å². The van der Waals surface area contributed by atoms with Gasteiger partial charge in [0, 0.05) is 31.3 Å². The Morgan fingerprint density at radius 2 is 1.86 bits per heavy atom. The number of carbonyl (C=O) groups is 2. The fraction of sp³-hybridized carbons (Fsp3) is 0.417. The fourth-order valence-electron chi connectivity index (χ4n) is 4.37. The van der Waals surface area contributed by atoms with Gasteiger partial charge in [0.15, 0.2) is 6.61 Å². The van der Waals surface area contributed by atoms with Crippen LogP contribution in [0.4, 0.5) is 5.69 Å². The van der Waals surface area contributed by atoms with E-state index in [1.54, 1.807) is 6.07 Å². The van der Waals surface area contributed by atoms with Crippen molar-refractivity contribution < 1.29 is 14.3 Å². The Balaban J connectivity index is 1.32. The van der Waals surface area contributed by atoms with Gasteiger partial charge >= 0.3 is 0 Å². The molecular formula is C24H28N2O3. The van der Waals surface area contributed by atoms with Crippen LogP contribution >= 0.6 is 0 Å². The predicted molar refractivity (Wildman–Crippen MR) is 113 cm³/mol. The molecule has 1 fully saturated rings. The molecule has 5 heteroatoms. The molecule has 2 aliphatic rings. The number of rotatable bonds is 6. The highest BCUT2D eigenvalue weighted by molar-refractivity contribution is 5.91. The zero-order valence-corrected chi connectivity index (χ0v) is 16.7. The summed E-state index contributed by atoms with van der Waals surface area (Å²) in [7, 11) is 0. The number of hydrogen-bond donors (Lipinski definition) is 1. The molecule has 1 aliphatic carbocycles. The maximum atomic E-state index is 12.6. The van der Waals surface area contributed by atoms with E-state index in [1.807, 2.05) is 23.1 Å². The molecule has 29 heavy (non-hydrogen) atoms. The number of ether oxygens (including phenoxy) is 1. The smallest absolute Gasteiger partial charge is 0.260 e. The SMILES string of the molecule is O=C(CC1CCCc2ccccc21)Nc1cccc(OCC(=O)N2CCCC2)c1. The zero-order valence-electron chi connectivity index (χ0n) is 16.7. The molecule has 5 nitrogen and oxygen atoms in total. The number of likely N-dealkylation sites (tertiary alicyclic amines) is 1. The summed E-state index contributed by atoms with van der Waals surface area (Å²) in [6.07, 6.45) is 5.90. The van der Waals surface area contributed by atoms with Crippen LogP contribution in [0.3, 0.4) is 0 Å². The molecule has 0 spiro atoms. The quantitative estimate of drug-likeness (QED) is 0.804. The maximum absolute atomic E-state index is 12.6. The Hall–Kier alpha value is -2.82. The molecule has 2 aromatic carbocycles. The van der Waals surface area contributed by atoms with Crippen molar-refractivity contribution >= 4 is 17.5 Å². The van der Waals surface area contributed by atoms with Gasteiger partial charge in [-0.25, -0.2) is 0 Å². The molecule has 1 atom stereocenters. The first kappa shape index (κ1) is 19.5. The van der Waals surface area contributed by atoms with Gasteiger partial charge in [0.2, 0.25) is 5.91 Å². The summed E-state index contributed by atoms with van der Waals surface area (Å²) in [6, 6.07) is 15.7. The summed E-state index contributed by atoms with van der Waals surface area (Å²) in [5.74, 6) is 0.903. The molecule has 152 valence electrons. The molecule has 0 bridgehead atoms. The number of fused-ring (bicyclic) bond motifs is 1.